The van der Waals surface area contributed by atoms with E-state index < -0.39 is 0 Å². The number of hydrogen-bond donors (Lipinski definition) is 3. The van der Waals surface area contributed by atoms with E-state index in [0.717, 1.165) is 51.9 Å². The molecule has 0 saturated carbocycles. The lowest BCUT2D eigenvalue weighted by Gasteiger charge is -2.37. The second-order valence-electron chi connectivity index (χ2n) is 7.09. The van der Waals surface area contributed by atoms with Crippen molar-refractivity contribution < 1.29 is 9.53 Å². The smallest absolute Gasteiger partial charge is 0.220 e. The number of ether oxygens (including phenoxy) is 1. The minimum atomic E-state index is 0.172. The largest absolute Gasteiger partial charge is 0.378 e. The SMILES string of the molecule is O=C(CCC1CCCO1)NCCC1CC(N2CCCC2)NCN1. The molecule has 0 aromatic heterocycles. The van der Waals surface area contributed by atoms with Gasteiger partial charge in [0.2, 0.25) is 5.91 Å². The van der Waals surface area contributed by atoms with Crippen molar-refractivity contribution in [3.8, 4) is 0 Å². The summed E-state index contributed by atoms with van der Waals surface area (Å²) < 4.78 is 5.56. The van der Waals surface area contributed by atoms with Crippen LogP contribution in [-0.4, -0.2) is 62.0 Å². The first-order chi connectivity index (χ1) is 11.3. The van der Waals surface area contributed by atoms with E-state index in [0.29, 0.717) is 24.7 Å². The fourth-order valence-corrected chi connectivity index (χ4v) is 3.95. The average Bonchev–Trinajstić information content (AvgIpc) is 3.27. The van der Waals surface area contributed by atoms with Gasteiger partial charge in [-0.15, -0.1) is 0 Å². The first-order valence-corrected chi connectivity index (χ1v) is 9.40. The highest BCUT2D eigenvalue weighted by atomic mass is 16.5. The number of amides is 1. The highest BCUT2D eigenvalue weighted by molar-refractivity contribution is 5.75. The van der Waals surface area contributed by atoms with Crippen molar-refractivity contribution in [1.82, 2.24) is 20.9 Å². The minimum Gasteiger partial charge on any atom is -0.378 e. The summed E-state index contributed by atoms with van der Waals surface area (Å²) in [5.41, 5.74) is 0. The van der Waals surface area contributed by atoms with Crippen LogP contribution in [0.15, 0.2) is 0 Å². The summed E-state index contributed by atoms with van der Waals surface area (Å²) in [5.74, 6) is 0.172. The summed E-state index contributed by atoms with van der Waals surface area (Å²) in [6.07, 6.45) is 9.36. The van der Waals surface area contributed by atoms with Gasteiger partial charge in [0.1, 0.15) is 0 Å². The van der Waals surface area contributed by atoms with Gasteiger partial charge in [0.25, 0.3) is 0 Å². The molecule has 3 aliphatic heterocycles. The molecule has 3 N–H and O–H groups in total. The lowest BCUT2D eigenvalue weighted by molar-refractivity contribution is -0.121. The monoisotopic (exact) mass is 324 g/mol. The summed E-state index contributed by atoms with van der Waals surface area (Å²) in [5, 5.41) is 10.1. The van der Waals surface area contributed by atoms with Gasteiger partial charge in [-0.1, -0.05) is 0 Å². The van der Waals surface area contributed by atoms with Gasteiger partial charge in [0.15, 0.2) is 0 Å². The average molecular weight is 324 g/mol. The molecule has 3 saturated heterocycles. The molecule has 3 unspecified atom stereocenters. The molecule has 132 valence electrons. The first kappa shape index (κ1) is 17.1. The van der Waals surface area contributed by atoms with Gasteiger partial charge in [0, 0.05) is 32.3 Å². The van der Waals surface area contributed by atoms with Gasteiger partial charge in [-0.2, -0.15) is 0 Å². The summed E-state index contributed by atoms with van der Waals surface area (Å²) in [6.45, 7) is 4.97. The molecule has 3 heterocycles. The zero-order chi connectivity index (χ0) is 15.9. The Kier molecular flexibility index (Phi) is 6.68. The zero-order valence-corrected chi connectivity index (χ0v) is 14.2. The molecular weight excluding hydrogens is 292 g/mol. The van der Waals surface area contributed by atoms with Crippen molar-refractivity contribution in [2.45, 2.75) is 69.7 Å². The highest BCUT2D eigenvalue weighted by Gasteiger charge is 2.27. The lowest BCUT2D eigenvalue weighted by atomic mass is 10.1. The summed E-state index contributed by atoms with van der Waals surface area (Å²) >= 11 is 0. The molecule has 1 amide bonds. The van der Waals surface area contributed by atoms with Crippen LogP contribution in [0.5, 0.6) is 0 Å². The van der Waals surface area contributed by atoms with E-state index in [1.807, 2.05) is 0 Å². The first-order valence-electron chi connectivity index (χ1n) is 9.40. The number of rotatable bonds is 7. The summed E-state index contributed by atoms with van der Waals surface area (Å²) in [6, 6.07) is 0.500. The molecule has 3 aliphatic rings. The molecule has 3 rings (SSSR count). The van der Waals surface area contributed by atoms with Crippen LogP contribution in [0.1, 0.15) is 51.4 Å². The van der Waals surface area contributed by atoms with Gasteiger partial charge in [-0.3, -0.25) is 15.0 Å². The van der Waals surface area contributed by atoms with E-state index in [1.165, 1.54) is 25.9 Å². The maximum atomic E-state index is 11.9. The second-order valence-corrected chi connectivity index (χ2v) is 7.09. The van der Waals surface area contributed by atoms with Gasteiger partial charge >= 0.3 is 0 Å². The predicted molar refractivity (Wildman–Crippen MR) is 90.0 cm³/mol. The lowest BCUT2D eigenvalue weighted by Crippen LogP contribution is -2.57. The van der Waals surface area contributed by atoms with Crippen molar-refractivity contribution in [2.75, 3.05) is 32.9 Å². The van der Waals surface area contributed by atoms with Gasteiger partial charge < -0.3 is 15.4 Å². The summed E-state index contributed by atoms with van der Waals surface area (Å²) in [7, 11) is 0. The molecule has 0 radical (unpaired) electrons. The third-order valence-corrected chi connectivity index (χ3v) is 5.35. The van der Waals surface area contributed by atoms with Gasteiger partial charge in [0.05, 0.1) is 12.3 Å². The molecule has 0 bridgehead atoms. The molecular formula is C17H32N4O2. The van der Waals surface area contributed by atoms with Crippen LogP contribution in [0.4, 0.5) is 0 Å². The third-order valence-electron chi connectivity index (χ3n) is 5.35. The van der Waals surface area contributed by atoms with E-state index in [4.69, 9.17) is 4.74 Å². The van der Waals surface area contributed by atoms with Gasteiger partial charge in [-0.05, 0) is 58.0 Å². The van der Waals surface area contributed by atoms with Crippen LogP contribution in [-0.2, 0) is 9.53 Å². The van der Waals surface area contributed by atoms with Crippen LogP contribution < -0.4 is 16.0 Å². The number of nitrogens with one attached hydrogen (secondary N) is 3. The molecule has 6 nitrogen and oxygen atoms in total. The predicted octanol–water partition coefficient (Wildman–Crippen LogP) is 0.783. The molecule has 6 heteroatoms. The Hall–Kier alpha value is -0.690. The minimum absolute atomic E-state index is 0.172. The molecule has 0 spiro atoms. The Labute approximate surface area is 139 Å². The maximum absolute atomic E-state index is 11.9. The fourth-order valence-electron chi connectivity index (χ4n) is 3.95. The number of carbonyl (C=O) groups excluding carboxylic acids is 1. The van der Waals surface area contributed by atoms with E-state index in [-0.39, 0.29) is 5.91 Å². The summed E-state index contributed by atoms with van der Waals surface area (Å²) in [4.78, 5) is 14.5. The van der Waals surface area contributed by atoms with Gasteiger partial charge in [-0.25, -0.2) is 0 Å². The van der Waals surface area contributed by atoms with E-state index in [1.54, 1.807) is 0 Å². The maximum Gasteiger partial charge on any atom is 0.220 e. The highest BCUT2D eigenvalue weighted by Crippen LogP contribution is 2.17. The number of hydrogen-bond acceptors (Lipinski definition) is 5. The Morgan fingerprint density at radius 1 is 1.17 bits per heavy atom. The van der Waals surface area contributed by atoms with Crippen molar-refractivity contribution in [2.24, 2.45) is 0 Å². The molecule has 23 heavy (non-hydrogen) atoms. The van der Waals surface area contributed by atoms with Crippen molar-refractivity contribution in [3.05, 3.63) is 0 Å². The Balaban J connectivity index is 1.28. The fraction of sp³-hybridized carbons (Fsp3) is 0.941. The Morgan fingerprint density at radius 3 is 2.83 bits per heavy atom. The van der Waals surface area contributed by atoms with E-state index >= 15 is 0 Å². The van der Waals surface area contributed by atoms with Crippen molar-refractivity contribution in [1.29, 1.82) is 0 Å². The van der Waals surface area contributed by atoms with E-state index in [2.05, 4.69) is 20.9 Å². The molecule has 0 aromatic rings. The third kappa shape index (κ3) is 5.41. The topological polar surface area (TPSA) is 65.6 Å². The van der Waals surface area contributed by atoms with Crippen LogP contribution in [0.3, 0.4) is 0 Å². The normalized spacial score (nSPS) is 32.3. The zero-order valence-electron chi connectivity index (χ0n) is 14.2. The number of likely N-dealkylation sites (tertiary alicyclic amines) is 1. The van der Waals surface area contributed by atoms with Crippen molar-refractivity contribution in [3.63, 3.8) is 0 Å². The molecule has 3 fully saturated rings. The second kappa shape index (κ2) is 8.97. The molecule has 0 aromatic carbocycles. The van der Waals surface area contributed by atoms with Crippen LogP contribution in [0.2, 0.25) is 0 Å². The van der Waals surface area contributed by atoms with Crippen LogP contribution in [0.25, 0.3) is 0 Å². The standard InChI is InChI=1S/C17H32N4O2/c22-17(6-5-15-4-3-11-23-15)18-8-7-14-12-16(20-13-19-14)21-9-1-2-10-21/h14-16,19-20H,1-13H2,(H,18,22). The number of nitrogens with zero attached hydrogens (tertiary/aromatic N) is 1. The number of carbonyl (C=O) groups is 1. The van der Waals surface area contributed by atoms with Crippen LogP contribution >= 0.6 is 0 Å². The molecule has 3 atom stereocenters. The Bertz CT molecular complexity index is 368. The van der Waals surface area contributed by atoms with E-state index in [9.17, 15) is 4.79 Å². The van der Waals surface area contributed by atoms with Crippen LogP contribution in [0, 0.1) is 0 Å². The Morgan fingerprint density at radius 2 is 2.04 bits per heavy atom. The molecule has 0 aliphatic carbocycles. The quantitative estimate of drug-likeness (QED) is 0.646. The van der Waals surface area contributed by atoms with Crippen molar-refractivity contribution >= 4 is 5.91 Å².